The Morgan fingerprint density at radius 1 is 0.510 bits per heavy atom. The molecule has 0 aliphatic rings. The van der Waals surface area contributed by atoms with Crippen LogP contribution in [0.2, 0.25) is 0 Å². The first kappa shape index (κ1) is 31.6. The molecule has 0 atom stereocenters. The Hall–Kier alpha value is -6.64. The lowest BCUT2D eigenvalue weighted by atomic mass is 10.0. The second-order valence-corrected chi connectivity index (χ2v) is 12.6. The standard InChI is InChI=1S/C49H38N2/c1-3-5-14-36(4-2)41-17-13-18-45(35-41)50(42-29-23-38(24-30-42)37-15-7-6-8-16-37)43-31-25-39(26-32-43)40-27-33-44(34-28-40)51-48-21-11-9-19-46(48)47-20-10-12-22-49(47)51/h3-35H,2H2,1H3/b5-3-,36-14+. The Kier molecular flexibility index (Phi) is 8.72. The maximum Gasteiger partial charge on any atom is 0.0541 e. The summed E-state index contributed by atoms with van der Waals surface area (Å²) < 4.78 is 2.36. The summed E-state index contributed by atoms with van der Waals surface area (Å²) >= 11 is 0. The monoisotopic (exact) mass is 654 g/mol. The van der Waals surface area contributed by atoms with Gasteiger partial charge in [-0.25, -0.2) is 0 Å². The van der Waals surface area contributed by atoms with Gasteiger partial charge < -0.3 is 9.47 Å². The Morgan fingerprint density at radius 3 is 1.57 bits per heavy atom. The Morgan fingerprint density at radius 2 is 1.02 bits per heavy atom. The zero-order chi connectivity index (χ0) is 34.6. The smallest absolute Gasteiger partial charge is 0.0541 e. The molecule has 8 aromatic rings. The maximum atomic E-state index is 4.09. The number of hydrogen-bond acceptors (Lipinski definition) is 1. The van der Waals surface area contributed by atoms with E-state index in [2.05, 4.69) is 204 Å². The van der Waals surface area contributed by atoms with Crippen molar-refractivity contribution in [1.82, 2.24) is 4.57 Å². The van der Waals surface area contributed by atoms with Gasteiger partial charge in [-0.1, -0.05) is 146 Å². The Bertz CT molecular complexity index is 2460. The summed E-state index contributed by atoms with van der Waals surface area (Å²) in [7, 11) is 0. The highest BCUT2D eigenvalue weighted by atomic mass is 15.1. The first-order valence-corrected chi connectivity index (χ1v) is 17.4. The molecule has 0 saturated heterocycles. The quantitative estimate of drug-likeness (QED) is 0.141. The molecule has 0 unspecified atom stereocenters. The first-order chi connectivity index (χ1) is 25.2. The zero-order valence-corrected chi connectivity index (χ0v) is 28.7. The van der Waals surface area contributed by atoms with Crippen LogP contribution < -0.4 is 4.90 Å². The van der Waals surface area contributed by atoms with E-state index >= 15 is 0 Å². The van der Waals surface area contributed by atoms with Crippen LogP contribution in [-0.2, 0) is 0 Å². The molecule has 0 saturated carbocycles. The van der Waals surface area contributed by atoms with Crippen LogP contribution in [0, 0.1) is 0 Å². The van der Waals surface area contributed by atoms with Gasteiger partial charge in [-0.2, -0.15) is 0 Å². The fourth-order valence-electron chi connectivity index (χ4n) is 6.99. The van der Waals surface area contributed by atoms with Crippen molar-refractivity contribution in [3.63, 3.8) is 0 Å². The van der Waals surface area contributed by atoms with Crippen molar-refractivity contribution in [2.45, 2.75) is 6.92 Å². The van der Waals surface area contributed by atoms with E-state index in [0.29, 0.717) is 0 Å². The van der Waals surface area contributed by atoms with Crippen molar-refractivity contribution in [3.05, 3.63) is 212 Å². The van der Waals surface area contributed by atoms with Gasteiger partial charge in [0.1, 0.15) is 0 Å². The third-order valence-electron chi connectivity index (χ3n) is 9.52. The van der Waals surface area contributed by atoms with Crippen molar-refractivity contribution in [1.29, 1.82) is 0 Å². The van der Waals surface area contributed by atoms with E-state index in [1.807, 2.05) is 19.1 Å². The number of fused-ring (bicyclic) bond motifs is 3. The molecule has 0 spiro atoms. The molecule has 8 rings (SSSR count). The number of benzene rings is 7. The molecule has 7 aromatic carbocycles. The van der Waals surface area contributed by atoms with Crippen LogP contribution in [0.1, 0.15) is 12.5 Å². The minimum atomic E-state index is 1.08. The third-order valence-corrected chi connectivity index (χ3v) is 9.52. The summed E-state index contributed by atoms with van der Waals surface area (Å²) in [5.74, 6) is 0. The molecule has 244 valence electrons. The largest absolute Gasteiger partial charge is 0.310 e. The van der Waals surface area contributed by atoms with Gasteiger partial charge in [0.2, 0.25) is 0 Å². The van der Waals surface area contributed by atoms with Crippen LogP contribution in [0.5, 0.6) is 0 Å². The van der Waals surface area contributed by atoms with E-state index in [-0.39, 0.29) is 0 Å². The van der Waals surface area contributed by atoms with Gasteiger partial charge in [-0.3, -0.25) is 0 Å². The fraction of sp³-hybridized carbons (Fsp3) is 0.0204. The molecule has 0 fully saturated rings. The average molecular weight is 655 g/mol. The molecule has 0 N–H and O–H groups in total. The molecule has 51 heavy (non-hydrogen) atoms. The summed E-state index contributed by atoms with van der Waals surface area (Å²) in [6, 6.07) is 63.1. The number of hydrogen-bond donors (Lipinski definition) is 0. The van der Waals surface area contributed by atoms with Crippen LogP contribution in [0.25, 0.3) is 55.3 Å². The molecule has 0 bridgehead atoms. The van der Waals surface area contributed by atoms with Crippen LogP contribution in [0.3, 0.4) is 0 Å². The normalized spacial score (nSPS) is 11.7. The van der Waals surface area contributed by atoms with E-state index in [9.17, 15) is 0 Å². The topological polar surface area (TPSA) is 8.17 Å². The van der Waals surface area contributed by atoms with Gasteiger partial charge in [0.15, 0.2) is 0 Å². The summed E-state index contributed by atoms with van der Waals surface area (Å²) in [6.07, 6.45) is 8.11. The highest BCUT2D eigenvalue weighted by molar-refractivity contribution is 6.09. The molecule has 0 radical (unpaired) electrons. The van der Waals surface area contributed by atoms with Crippen LogP contribution >= 0.6 is 0 Å². The molecular formula is C49H38N2. The molecular weight excluding hydrogens is 617 g/mol. The molecule has 1 heterocycles. The Balaban J connectivity index is 1.15. The number of para-hydroxylation sites is 2. The van der Waals surface area contributed by atoms with Crippen molar-refractivity contribution in [3.8, 4) is 27.9 Å². The van der Waals surface area contributed by atoms with Gasteiger partial charge in [0.25, 0.3) is 0 Å². The molecule has 1 aromatic heterocycles. The first-order valence-electron chi connectivity index (χ1n) is 17.4. The highest BCUT2D eigenvalue weighted by Crippen LogP contribution is 2.38. The number of nitrogens with zero attached hydrogens (tertiary/aromatic N) is 2. The third kappa shape index (κ3) is 6.20. The van der Waals surface area contributed by atoms with E-state index in [0.717, 1.165) is 33.9 Å². The fourth-order valence-corrected chi connectivity index (χ4v) is 6.99. The van der Waals surface area contributed by atoms with E-state index in [1.165, 1.54) is 44.1 Å². The van der Waals surface area contributed by atoms with Crippen molar-refractivity contribution < 1.29 is 0 Å². The van der Waals surface area contributed by atoms with Crippen LogP contribution in [-0.4, -0.2) is 4.57 Å². The van der Waals surface area contributed by atoms with Crippen molar-refractivity contribution >= 4 is 44.4 Å². The van der Waals surface area contributed by atoms with Crippen LogP contribution in [0.15, 0.2) is 207 Å². The molecule has 2 heteroatoms. The van der Waals surface area contributed by atoms with Gasteiger partial charge in [0, 0.05) is 33.5 Å². The lowest BCUT2D eigenvalue weighted by Crippen LogP contribution is -2.10. The van der Waals surface area contributed by atoms with E-state index in [1.54, 1.807) is 0 Å². The minimum absolute atomic E-state index is 1.08. The summed E-state index contributed by atoms with van der Waals surface area (Å²) in [4.78, 5) is 2.32. The lowest BCUT2D eigenvalue weighted by molar-refractivity contribution is 1.18. The number of allylic oxidation sites excluding steroid dienone is 5. The number of rotatable bonds is 9. The summed E-state index contributed by atoms with van der Waals surface area (Å²) in [6.45, 7) is 6.11. The second kappa shape index (κ2) is 14.1. The predicted octanol–water partition coefficient (Wildman–Crippen LogP) is 13.7. The van der Waals surface area contributed by atoms with Crippen molar-refractivity contribution in [2.24, 2.45) is 0 Å². The maximum absolute atomic E-state index is 4.09. The lowest BCUT2D eigenvalue weighted by Gasteiger charge is -2.26. The number of aromatic nitrogens is 1. The van der Waals surface area contributed by atoms with Gasteiger partial charge in [-0.05, 0) is 101 Å². The molecule has 2 nitrogen and oxygen atoms in total. The van der Waals surface area contributed by atoms with Crippen molar-refractivity contribution in [2.75, 3.05) is 4.90 Å². The van der Waals surface area contributed by atoms with Gasteiger partial charge in [-0.15, -0.1) is 0 Å². The molecule has 0 aliphatic heterocycles. The summed E-state index contributed by atoms with van der Waals surface area (Å²) in [5.41, 5.74) is 13.8. The van der Waals surface area contributed by atoms with E-state index in [4.69, 9.17) is 0 Å². The molecule has 0 amide bonds. The zero-order valence-electron chi connectivity index (χ0n) is 28.7. The average Bonchev–Trinajstić information content (AvgIpc) is 3.54. The SMILES string of the molecule is C=C/C(=C\C=C/C)c1cccc(N(c2ccc(-c3ccccc3)cc2)c2ccc(-c3ccc(-n4c5ccccc5c5ccccc54)cc3)cc2)c1. The highest BCUT2D eigenvalue weighted by Gasteiger charge is 2.15. The van der Waals surface area contributed by atoms with Gasteiger partial charge in [0.05, 0.1) is 11.0 Å². The predicted molar refractivity (Wildman–Crippen MR) is 219 cm³/mol. The van der Waals surface area contributed by atoms with Crippen LogP contribution in [0.4, 0.5) is 17.1 Å². The van der Waals surface area contributed by atoms with Gasteiger partial charge >= 0.3 is 0 Å². The molecule has 0 aliphatic carbocycles. The Labute approximate surface area is 300 Å². The van der Waals surface area contributed by atoms with E-state index < -0.39 is 0 Å². The number of anilines is 3. The summed E-state index contributed by atoms with van der Waals surface area (Å²) in [5, 5.41) is 2.54. The second-order valence-electron chi connectivity index (χ2n) is 12.6. The minimum Gasteiger partial charge on any atom is -0.310 e.